The number of hydrogen-bond acceptors (Lipinski definition) is 3. The zero-order valence-corrected chi connectivity index (χ0v) is 10.4. The van der Waals surface area contributed by atoms with Gasteiger partial charge in [0.2, 0.25) is 6.79 Å². The largest absolute Gasteiger partial charge is 0.481 e. The van der Waals surface area contributed by atoms with E-state index in [2.05, 4.69) is 0 Å². The smallest absolute Gasteiger partial charge is 0.314 e. The Balaban J connectivity index is 2.13. The number of rotatable bonds is 3. The van der Waals surface area contributed by atoms with Gasteiger partial charge in [-0.05, 0) is 42.5 Å². The summed E-state index contributed by atoms with van der Waals surface area (Å²) in [6.07, 6.45) is 3.22. The number of fused-ring (bicyclic) bond motifs is 1. The molecule has 2 aliphatic rings. The Hall–Kier alpha value is -1.71. The van der Waals surface area contributed by atoms with Gasteiger partial charge in [0.1, 0.15) is 0 Å². The number of carboxylic acid groups (broad SMARTS) is 1. The monoisotopic (exact) mass is 248 g/mol. The van der Waals surface area contributed by atoms with Crippen LogP contribution in [0.25, 0.3) is 0 Å². The highest BCUT2D eigenvalue weighted by molar-refractivity contribution is 5.83. The fourth-order valence-electron chi connectivity index (χ4n) is 2.85. The summed E-state index contributed by atoms with van der Waals surface area (Å²) in [6, 6.07) is 3.80. The lowest BCUT2D eigenvalue weighted by atomic mass is 9.63. The van der Waals surface area contributed by atoms with E-state index in [4.69, 9.17) is 9.47 Å². The summed E-state index contributed by atoms with van der Waals surface area (Å²) in [6.45, 7) is 2.26. The molecule has 1 aliphatic heterocycles. The van der Waals surface area contributed by atoms with Crippen molar-refractivity contribution in [3.63, 3.8) is 0 Å². The normalized spacial score (nSPS) is 19.4. The summed E-state index contributed by atoms with van der Waals surface area (Å²) in [7, 11) is 0. The van der Waals surface area contributed by atoms with Crippen molar-refractivity contribution in [2.75, 3.05) is 6.79 Å². The summed E-state index contributed by atoms with van der Waals surface area (Å²) in [5, 5.41) is 9.53. The van der Waals surface area contributed by atoms with Crippen molar-refractivity contribution in [3.05, 3.63) is 23.3 Å². The van der Waals surface area contributed by atoms with Crippen LogP contribution in [-0.4, -0.2) is 17.9 Å². The lowest BCUT2D eigenvalue weighted by Crippen LogP contribution is -2.43. The molecular weight excluding hydrogens is 232 g/mol. The summed E-state index contributed by atoms with van der Waals surface area (Å²) in [4.78, 5) is 11.6. The lowest BCUT2D eigenvalue weighted by Gasteiger charge is -2.39. The Morgan fingerprint density at radius 2 is 2.00 bits per heavy atom. The van der Waals surface area contributed by atoms with Crippen LogP contribution in [0.5, 0.6) is 11.5 Å². The van der Waals surface area contributed by atoms with E-state index in [1.165, 1.54) is 0 Å². The number of carboxylic acids is 1. The first-order chi connectivity index (χ1) is 8.67. The minimum absolute atomic E-state index is 0.224. The Labute approximate surface area is 106 Å². The van der Waals surface area contributed by atoms with Gasteiger partial charge >= 0.3 is 5.97 Å². The van der Waals surface area contributed by atoms with Gasteiger partial charge in [-0.1, -0.05) is 13.3 Å². The minimum atomic E-state index is -0.720. The molecule has 18 heavy (non-hydrogen) atoms. The fourth-order valence-corrected chi connectivity index (χ4v) is 2.85. The third-order valence-corrected chi connectivity index (χ3v) is 4.11. The number of hydrogen-bond donors (Lipinski definition) is 1. The van der Waals surface area contributed by atoms with Crippen LogP contribution in [0.2, 0.25) is 0 Å². The highest BCUT2D eigenvalue weighted by Crippen LogP contribution is 2.48. The van der Waals surface area contributed by atoms with E-state index in [0.29, 0.717) is 5.75 Å². The van der Waals surface area contributed by atoms with Crippen LogP contribution in [-0.2, 0) is 16.6 Å². The van der Waals surface area contributed by atoms with Crippen molar-refractivity contribution in [2.24, 2.45) is 0 Å². The number of aliphatic carboxylic acids is 1. The first-order valence-electron chi connectivity index (χ1n) is 6.34. The van der Waals surface area contributed by atoms with Crippen LogP contribution in [0.3, 0.4) is 0 Å². The van der Waals surface area contributed by atoms with Crippen LogP contribution < -0.4 is 9.47 Å². The first-order valence-corrected chi connectivity index (χ1v) is 6.34. The van der Waals surface area contributed by atoms with Crippen molar-refractivity contribution < 1.29 is 19.4 Å². The zero-order valence-electron chi connectivity index (χ0n) is 10.4. The number of ether oxygens (including phenoxy) is 2. The highest BCUT2D eigenvalue weighted by atomic mass is 16.7. The molecule has 1 heterocycles. The van der Waals surface area contributed by atoms with Crippen LogP contribution in [0, 0.1) is 0 Å². The van der Waals surface area contributed by atoms with E-state index >= 15 is 0 Å². The molecule has 1 saturated carbocycles. The number of aryl methyl sites for hydroxylation is 1. The summed E-state index contributed by atoms with van der Waals surface area (Å²) < 4.78 is 10.7. The Bertz CT molecular complexity index is 503. The SMILES string of the molecule is CCc1cc2c(cc1C1(C(=O)O)CCC1)OCO2. The first kappa shape index (κ1) is 11.4. The highest BCUT2D eigenvalue weighted by Gasteiger charge is 2.47. The predicted octanol–water partition coefficient (Wildman–Crippen LogP) is 2.48. The van der Waals surface area contributed by atoms with Gasteiger partial charge in [-0.3, -0.25) is 4.79 Å². The lowest BCUT2D eigenvalue weighted by molar-refractivity contribution is -0.147. The van der Waals surface area contributed by atoms with Gasteiger partial charge in [0, 0.05) is 0 Å². The predicted molar refractivity (Wildman–Crippen MR) is 65.1 cm³/mol. The van der Waals surface area contributed by atoms with E-state index in [1.54, 1.807) is 0 Å². The summed E-state index contributed by atoms with van der Waals surface area (Å²) in [5.74, 6) is 0.688. The van der Waals surface area contributed by atoms with Crippen molar-refractivity contribution in [1.29, 1.82) is 0 Å². The molecule has 0 saturated heterocycles. The molecule has 1 aromatic rings. The standard InChI is InChI=1S/C14H16O4/c1-2-9-6-11-12(18-8-17-11)7-10(9)14(13(15)16)4-3-5-14/h6-7H,2-5,8H2,1H3,(H,15,16). The van der Waals surface area contributed by atoms with Gasteiger partial charge in [-0.25, -0.2) is 0 Å². The Morgan fingerprint density at radius 3 is 2.50 bits per heavy atom. The molecule has 0 atom stereocenters. The van der Waals surface area contributed by atoms with E-state index in [0.717, 1.165) is 42.6 Å². The third kappa shape index (κ3) is 1.41. The third-order valence-electron chi connectivity index (χ3n) is 4.11. The zero-order chi connectivity index (χ0) is 12.8. The molecule has 0 spiro atoms. The molecule has 0 radical (unpaired) electrons. The molecule has 0 bridgehead atoms. The molecule has 96 valence electrons. The maximum absolute atomic E-state index is 11.6. The van der Waals surface area contributed by atoms with E-state index < -0.39 is 11.4 Å². The van der Waals surface area contributed by atoms with E-state index in [1.807, 2.05) is 19.1 Å². The molecule has 1 aliphatic carbocycles. The number of carbonyl (C=O) groups is 1. The van der Waals surface area contributed by atoms with Crippen LogP contribution in [0.1, 0.15) is 37.3 Å². The van der Waals surface area contributed by atoms with Crippen LogP contribution in [0.15, 0.2) is 12.1 Å². The van der Waals surface area contributed by atoms with Crippen LogP contribution >= 0.6 is 0 Å². The second-order valence-electron chi connectivity index (χ2n) is 4.96. The van der Waals surface area contributed by atoms with E-state index in [9.17, 15) is 9.90 Å². The van der Waals surface area contributed by atoms with Gasteiger partial charge in [-0.15, -0.1) is 0 Å². The summed E-state index contributed by atoms with van der Waals surface area (Å²) in [5.41, 5.74) is 1.26. The van der Waals surface area contributed by atoms with Crippen molar-refractivity contribution in [2.45, 2.75) is 38.0 Å². The number of benzene rings is 1. The quantitative estimate of drug-likeness (QED) is 0.892. The Kier molecular flexibility index (Phi) is 2.47. The molecule has 3 rings (SSSR count). The second kappa shape index (κ2) is 3.90. The fraction of sp³-hybridized carbons (Fsp3) is 0.500. The average molecular weight is 248 g/mol. The molecular formula is C14H16O4. The molecule has 1 N–H and O–H groups in total. The van der Waals surface area contributed by atoms with E-state index in [-0.39, 0.29) is 6.79 Å². The minimum Gasteiger partial charge on any atom is -0.481 e. The van der Waals surface area contributed by atoms with Gasteiger partial charge in [0.15, 0.2) is 11.5 Å². The van der Waals surface area contributed by atoms with Gasteiger partial charge in [-0.2, -0.15) is 0 Å². The Morgan fingerprint density at radius 1 is 1.33 bits per heavy atom. The van der Waals surface area contributed by atoms with Gasteiger partial charge in [0.25, 0.3) is 0 Å². The molecule has 0 amide bonds. The average Bonchev–Trinajstić information content (AvgIpc) is 2.72. The molecule has 0 unspecified atom stereocenters. The molecule has 4 heteroatoms. The maximum Gasteiger partial charge on any atom is 0.314 e. The van der Waals surface area contributed by atoms with Crippen molar-refractivity contribution in [1.82, 2.24) is 0 Å². The molecule has 1 aromatic carbocycles. The summed E-state index contributed by atoms with van der Waals surface area (Å²) >= 11 is 0. The molecule has 0 aromatic heterocycles. The maximum atomic E-state index is 11.6. The van der Waals surface area contributed by atoms with Crippen LogP contribution in [0.4, 0.5) is 0 Å². The molecule has 4 nitrogen and oxygen atoms in total. The van der Waals surface area contributed by atoms with Crippen molar-refractivity contribution in [3.8, 4) is 11.5 Å². The molecule has 1 fully saturated rings. The van der Waals surface area contributed by atoms with Crippen molar-refractivity contribution >= 4 is 5.97 Å². The topological polar surface area (TPSA) is 55.8 Å². The van der Waals surface area contributed by atoms with Gasteiger partial charge < -0.3 is 14.6 Å². The second-order valence-corrected chi connectivity index (χ2v) is 4.96. The van der Waals surface area contributed by atoms with Gasteiger partial charge in [0.05, 0.1) is 5.41 Å².